The molecule has 1 heterocycles. The molecule has 0 spiro atoms. The first-order chi connectivity index (χ1) is 9.38. The van der Waals surface area contributed by atoms with Gasteiger partial charge in [0.15, 0.2) is 6.29 Å². The van der Waals surface area contributed by atoms with Gasteiger partial charge in [0.05, 0.1) is 6.61 Å². The minimum Gasteiger partial charge on any atom is -0.394 e. The molecule has 0 bridgehead atoms. The zero-order chi connectivity index (χ0) is 15.7. The third kappa shape index (κ3) is 5.76. The quantitative estimate of drug-likeness (QED) is 0.337. The van der Waals surface area contributed by atoms with Crippen molar-refractivity contribution in [3.05, 3.63) is 12.8 Å². The van der Waals surface area contributed by atoms with Gasteiger partial charge < -0.3 is 35.2 Å². The molecule has 0 aromatic rings. The maximum absolute atomic E-state index is 10.7. The summed E-state index contributed by atoms with van der Waals surface area (Å²) in [5.74, 6) is 0.208. The third-order valence-corrected chi connectivity index (χ3v) is 2.75. The standard InChI is InChI=1S/C6H9NO.C6H12O6/c1-2-7-5-3-4-6(7)8;7-1-3(9)5(11)6(12)4(10)2-8/h2H,1,3-5H2;1,3-6,8-12H,2H2. The highest BCUT2D eigenvalue weighted by atomic mass is 16.4. The van der Waals surface area contributed by atoms with Gasteiger partial charge in [-0.25, -0.2) is 0 Å². The van der Waals surface area contributed by atoms with E-state index >= 15 is 0 Å². The number of carbonyl (C=O) groups excluding carboxylic acids is 2. The molecular weight excluding hydrogens is 270 g/mol. The maximum atomic E-state index is 10.7. The monoisotopic (exact) mass is 291 g/mol. The highest BCUT2D eigenvalue weighted by Crippen LogP contribution is 2.08. The van der Waals surface area contributed by atoms with Crippen LogP contribution >= 0.6 is 0 Å². The van der Waals surface area contributed by atoms with Gasteiger partial charge in [-0.15, -0.1) is 0 Å². The summed E-state index contributed by atoms with van der Waals surface area (Å²) in [5, 5.41) is 43.5. The Labute approximate surface area is 116 Å². The zero-order valence-corrected chi connectivity index (χ0v) is 11.0. The predicted molar refractivity (Wildman–Crippen MR) is 68.3 cm³/mol. The van der Waals surface area contributed by atoms with Crippen molar-refractivity contribution in [2.45, 2.75) is 37.3 Å². The van der Waals surface area contributed by atoms with Gasteiger partial charge in [0.2, 0.25) is 5.91 Å². The van der Waals surface area contributed by atoms with Gasteiger partial charge in [-0.1, -0.05) is 6.58 Å². The Morgan fingerprint density at radius 2 is 1.85 bits per heavy atom. The molecule has 20 heavy (non-hydrogen) atoms. The molecule has 1 aliphatic rings. The number of aldehydes is 1. The molecule has 0 aromatic carbocycles. The van der Waals surface area contributed by atoms with E-state index in [1.807, 2.05) is 0 Å². The normalized spacial score (nSPS) is 20.4. The van der Waals surface area contributed by atoms with Crippen LogP contribution in [0.25, 0.3) is 0 Å². The Balaban J connectivity index is 0.000000388. The number of likely N-dealkylation sites (tertiary alicyclic amines) is 1. The maximum Gasteiger partial charge on any atom is 0.226 e. The Morgan fingerprint density at radius 1 is 1.25 bits per heavy atom. The highest BCUT2D eigenvalue weighted by Gasteiger charge is 2.29. The molecule has 0 radical (unpaired) electrons. The van der Waals surface area contributed by atoms with E-state index in [1.54, 1.807) is 11.1 Å². The molecule has 8 heteroatoms. The molecule has 4 atom stereocenters. The van der Waals surface area contributed by atoms with Crippen LogP contribution in [-0.2, 0) is 9.59 Å². The van der Waals surface area contributed by atoms with E-state index in [0.29, 0.717) is 6.42 Å². The van der Waals surface area contributed by atoms with Crippen molar-refractivity contribution >= 4 is 12.2 Å². The summed E-state index contributed by atoms with van der Waals surface area (Å²) < 4.78 is 0. The van der Waals surface area contributed by atoms with E-state index in [1.165, 1.54) is 0 Å². The van der Waals surface area contributed by atoms with E-state index in [-0.39, 0.29) is 12.2 Å². The number of hydrogen-bond donors (Lipinski definition) is 5. The average molecular weight is 291 g/mol. The van der Waals surface area contributed by atoms with Gasteiger partial charge in [-0.3, -0.25) is 4.79 Å². The molecule has 116 valence electrons. The number of aliphatic hydroxyl groups excluding tert-OH is 5. The summed E-state index contributed by atoms with van der Waals surface area (Å²) in [6, 6.07) is 0. The van der Waals surface area contributed by atoms with E-state index in [0.717, 1.165) is 13.0 Å². The lowest BCUT2D eigenvalue weighted by atomic mass is 10.0. The van der Waals surface area contributed by atoms with E-state index in [9.17, 15) is 9.59 Å². The fourth-order valence-electron chi connectivity index (χ4n) is 1.48. The first-order valence-corrected chi connectivity index (χ1v) is 6.09. The molecule has 0 saturated carbocycles. The summed E-state index contributed by atoms with van der Waals surface area (Å²) >= 11 is 0. The van der Waals surface area contributed by atoms with Gasteiger partial charge in [-0.05, 0) is 12.6 Å². The Kier molecular flexibility index (Phi) is 8.93. The van der Waals surface area contributed by atoms with Gasteiger partial charge in [-0.2, -0.15) is 0 Å². The average Bonchev–Trinajstić information content (AvgIpc) is 2.89. The number of hydrogen-bond acceptors (Lipinski definition) is 7. The van der Waals surface area contributed by atoms with Gasteiger partial charge in [0.1, 0.15) is 24.4 Å². The molecule has 1 amide bonds. The number of amides is 1. The van der Waals surface area contributed by atoms with Crippen LogP contribution < -0.4 is 0 Å². The van der Waals surface area contributed by atoms with Crippen molar-refractivity contribution in [1.29, 1.82) is 0 Å². The summed E-state index contributed by atoms with van der Waals surface area (Å²) in [6.07, 6.45) is -3.56. The van der Waals surface area contributed by atoms with Crippen LogP contribution in [-0.4, -0.2) is 80.2 Å². The number of aliphatic hydroxyl groups is 5. The second-order valence-corrected chi connectivity index (χ2v) is 4.23. The fourth-order valence-corrected chi connectivity index (χ4v) is 1.48. The summed E-state index contributed by atoms with van der Waals surface area (Å²) in [5.41, 5.74) is 0. The molecule has 1 aliphatic heterocycles. The van der Waals surface area contributed by atoms with Gasteiger partial charge >= 0.3 is 0 Å². The summed E-state index contributed by atoms with van der Waals surface area (Å²) in [4.78, 5) is 22.2. The van der Waals surface area contributed by atoms with Gasteiger partial charge in [0, 0.05) is 13.0 Å². The number of rotatable bonds is 6. The van der Waals surface area contributed by atoms with Crippen LogP contribution in [0.5, 0.6) is 0 Å². The van der Waals surface area contributed by atoms with Crippen molar-refractivity contribution in [2.24, 2.45) is 0 Å². The van der Waals surface area contributed by atoms with Crippen LogP contribution in [0.3, 0.4) is 0 Å². The van der Waals surface area contributed by atoms with E-state index in [2.05, 4.69) is 6.58 Å². The van der Waals surface area contributed by atoms with E-state index < -0.39 is 31.0 Å². The Morgan fingerprint density at radius 3 is 2.15 bits per heavy atom. The molecule has 8 nitrogen and oxygen atoms in total. The summed E-state index contributed by atoms with van der Waals surface area (Å²) in [6.45, 7) is 3.60. The second-order valence-electron chi connectivity index (χ2n) is 4.23. The lowest BCUT2D eigenvalue weighted by molar-refractivity contribution is -0.136. The van der Waals surface area contributed by atoms with Crippen molar-refractivity contribution in [3.8, 4) is 0 Å². The lowest BCUT2D eigenvalue weighted by Crippen LogP contribution is -2.46. The molecule has 1 rings (SSSR count). The van der Waals surface area contributed by atoms with Crippen LogP contribution in [0.1, 0.15) is 12.8 Å². The zero-order valence-electron chi connectivity index (χ0n) is 11.0. The molecule has 0 aliphatic carbocycles. The molecule has 5 N–H and O–H groups in total. The van der Waals surface area contributed by atoms with Crippen LogP contribution in [0, 0.1) is 0 Å². The minimum atomic E-state index is -1.79. The van der Waals surface area contributed by atoms with Crippen LogP contribution in [0.4, 0.5) is 0 Å². The molecule has 1 fully saturated rings. The van der Waals surface area contributed by atoms with Crippen molar-refractivity contribution in [1.82, 2.24) is 4.90 Å². The largest absolute Gasteiger partial charge is 0.394 e. The molecule has 0 aromatic heterocycles. The third-order valence-electron chi connectivity index (χ3n) is 2.75. The molecule has 1 saturated heterocycles. The Hall–Kier alpha value is -1.32. The highest BCUT2D eigenvalue weighted by molar-refractivity contribution is 5.78. The number of carbonyl (C=O) groups is 2. The van der Waals surface area contributed by atoms with Crippen molar-refractivity contribution < 1.29 is 35.1 Å². The van der Waals surface area contributed by atoms with E-state index in [4.69, 9.17) is 25.5 Å². The first kappa shape index (κ1) is 18.7. The van der Waals surface area contributed by atoms with Crippen LogP contribution in [0.15, 0.2) is 12.8 Å². The Bertz CT molecular complexity index is 323. The molecular formula is C12H21NO7. The lowest BCUT2D eigenvalue weighted by Gasteiger charge is -2.22. The SMILES string of the molecule is C=CN1CCCC1=O.O=CC(O)C(O)C(O)C(O)CO. The molecule has 4 unspecified atom stereocenters. The van der Waals surface area contributed by atoms with Gasteiger partial charge in [0.25, 0.3) is 0 Å². The topological polar surface area (TPSA) is 139 Å². The minimum absolute atomic E-state index is 0.0258. The fraction of sp³-hybridized carbons (Fsp3) is 0.667. The second kappa shape index (κ2) is 9.56. The predicted octanol–water partition coefficient (Wildman–Crippen LogP) is -2.63. The van der Waals surface area contributed by atoms with Crippen molar-refractivity contribution in [2.75, 3.05) is 13.2 Å². The van der Waals surface area contributed by atoms with Crippen molar-refractivity contribution in [3.63, 3.8) is 0 Å². The van der Waals surface area contributed by atoms with Crippen LogP contribution in [0.2, 0.25) is 0 Å². The summed E-state index contributed by atoms with van der Waals surface area (Å²) in [7, 11) is 0. The number of nitrogens with zero attached hydrogens (tertiary/aromatic N) is 1. The smallest absolute Gasteiger partial charge is 0.226 e. The first-order valence-electron chi connectivity index (χ1n) is 6.09.